The van der Waals surface area contributed by atoms with Gasteiger partial charge in [0.25, 0.3) is 5.56 Å². The average molecular weight is 441 g/mol. The summed E-state index contributed by atoms with van der Waals surface area (Å²) in [5, 5.41) is 12.2. The standard InChI is InChI=1S/C20H17ClN6O2S/c1-3-10-26-18(29)14-6-4-5-7-15(14)27-19(26)24-25-20(27)30-12(2)17(28)23-16-9-8-13(21)11-22-16/h3-9,11-12H,1,10H2,2H3,(H,22,23,28). The molecule has 1 unspecified atom stereocenters. The first-order valence-corrected chi connectivity index (χ1v) is 10.3. The Bertz CT molecular complexity index is 1310. The van der Waals surface area contributed by atoms with Crippen molar-refractivity contribution in [2.75, 3.05) is 5.32 Å². The highest BCUT2D eigenvalue weighted by Gasteiger charge is 2.21. The van der Waals surface area contributed by atoms with Crippen molar-refractivity contribution in [3.8, 4) is 0 Å². The molecule has 0 bridgehead atoms. The summed E-state index contributed by atoms with van der Waals surface area (Å²) in [4.78, 5) is 29.5. The maximum absolute atomic E-state index is 12.8. The van der Waals surface area contributed by atoms with Gasteiger partial charge < -0.3 is 5.32 Å². The van der Waals surface area contributed by atoms with Crippen molar-refractivity contribution in [3.63, 3.8) is 0 Å². The number of nitrogens with zero attached hydrogens (tertiary/aromatic N) is 5. The monoisotopic (exact) mass is 440 g/mol. The summed E-state index contributed by atoms with van der Waals surface area (Å²) in [6, 6.07) is 10.5. The number of pyridine rings is 1. The Morgan fingerprint density at radius 1 is 1.30 bits per heavy atom. The molecule has 30 heavy (non-hydrogen) atoms. The third-order valence-corrected chi connectivity index (χ3v) is 5.69. The van der Waals surface area contributed by atoms with Gasteiger partial charge in [-0.15, -0.1) is 16.8 Å². The number of halogens is 1. The molecule has 0 aliphatic carbocycles. The van der Waals surface area contributed by atoms with Gasteiger partial charge in [0.15, 0.2) is 5.16 Å². The Hall–Kier alpha value is -3.17. The SMILES string of the molecule is C=CCn1c(=O)c2ccccc2n2c(SC(C)C(=O)Nc3ccc(Cl)cn3)nnc12. The van der Waals surface area contributed by atoms with Crippen LogP contribution in [-0.2, 0) is 11.3 Å². The lowest BCUT2D eigenvalue weighted by atomic mass is 10.2. The molecule has 3 heterocycles. The largest absolute Gasteiger partial charge is 0.310 e. The van der Waals surface area contributed by atoms with Crippen LogP contribution in [0.15, 0.2) is 65.2 Å². The van der Waals surface area contributed by atoms with Crippen molar-refractivity contribution in [1.29, 1.82) is 0 Å². The molecule has 1 aromatic carbocycles. The molecule has 8 nitrogen and oxygen atoms in total. The fourth-order valence-electron chi connectivity index (χ4n) is 2.99. The van der Waals surface area contributed by atoms with E-state index in [1.54, 1.807) is 41.7 Å². The molecule has 1 amide bonds. The molecule has 10 heteroatoms. The molecule has 0 aliphatic rings. The third kappa shape index (κ3) is 3.69. The van der Waals surface area contributed by atoms with Crippen molar-refractivity contribution < 1.29 is 4.79 Å². The molecule has 152 valence electrons. The Labute approximate surface area is 180 Å². The molecule has 0 aliphatic heterocycles. The van der Waals surface area contributed by atoms with Crippen molar-refractivity contribution in [1.82, 2.24) is 24.1 Å². The minimum absolute atomic E-state index is 0.165. The molecule has 4 rings (SSSR count). The zero-order valence-corrected chi connectivity index (χ0v) is 17.5. The van der Waals surface area contributed by atoms with Gasteiger partial charge in [0, 0.05) is 12.7 Å². The van der Waals surface area contributed by atoms with E-state index in [0.29, 0.717) is 39.2 Å². The van der Waals surface area contributed by atoms with E-state index in [1.807, 2.05) is 12.1 Å². The second-order valence-corrected chi connectivity index (χ2v) is 8.19. The molecule has 0 spiro atoms. The third-order valence-electron chi connectivity index (χ3n) is 4.42. The van der Waals surface area contributed by atoms with E-state index in [-0.39, 0.29) is 11.5 Å². The highest BCUT2D eigenvalue weighted by atomic mass is 35.5. The first-order chi connectivity index (χ1) is 14.5. The lowest BCUT2D eigenvalue weighted by Gasteiger charge is -2.12. The van der Waals surface area contributed by atoms with Crippen LogP contribution in [0.2, 0.25) is 5.02 Å². The van der Waals surface area contributed by atoms with Gasteiger partial charge in [-0.2, -0.15) is 0 Å². The number of para-hydroxylation sites is 1. The minimum Gasteiger partial charge on any atom is -0.310 e. The van der Waals surface area contributed by atoms with E-state index in [0.717, 1.165) is 0 Å². The Balaban J connectivity index is 1.71. The van der Waals surface area contributed by atoms with E-state index < -0.39 is 5.25 Å². The van der Waals surface area contributed by atoms with Crippen LogP contribution in [0.25, 0.3) is 16.7 Å². The number of allylic oxidation sites excluding steroid dienone is 1. The number of carbonyl (C=O) groups excluding carboxylic acids is 1. The van der Waals surface area contributed by atoms with E-state index in [4.69, 9.17) is 11.6 Å². The zero-order chi connectivity index (χ0) is 21.3. The second-order valence-electron chi connectivity index (χ2n) is 6.45. The molecule has 0 radical (unpaired) electrons. The Kier molecular flexibility index (Phi) is 5.56. The number of thioether (sulfide) groups is 1. The van der Waals surface area contributed by atoms with Gasteiger partial charge in [-0.3, -0.25) is 18.6 Å². The number of carbonyl (C=O) groups is 1. The summed E-state index contributed by atoms with van der Waals surface area (Å²) in [7, 11) is 0. The van der Waals surface area contributed by atoms with E-state index >= 15 is 0 Å². The lowest BCUT2D eigenvalue weighted by molar-refractivity contribution is -0.115. The number of amides is 1. The van der Waals surface area contributed by atoms with Crippen molar-refractivity contribution in [2.45, 2.75) is 23.9 Å². The minimum atomic E-state index is -0.492. The van der Waals surface area contributed by atoms with E-state index in [1.165, 1.54) is 22.5 Å². The number of anilines is 1. The summed E-state index contributed by atoms with van der Waals surface area (Å²) in [6.07, 6.45) is 3.10. The first-order valence-electron chi connectivity index (χ1n) is 9.06. The van der Waals surface area contributed by atoms with Crippen LogP contribution in [0, 0.1) is 0 Å². The predicted molar refractivity (Wildman–Crippen MR) is 118 cm³/mol. The zero-order valence-electron chi connectivity index (χ0n) is 15.9. The molecule has 1 atom stereocenters. The maximum Gasteiger partial charge on any atom is 0.263 e. The number of fused-ring (bicyclic) bond motifs is 3. The summed E-state index contributed by atoms with van der Waals surface area (Å²) < 4.78 is 3.30. The van der Waals surface area contributed by atoms with Crippen LogP contribution >= 0.6 is 23.4 Å². The van der Waals surface area contributed by atoms with Crippen molar-refractivity contribution in [2.24, 2.45) is 0 Å². The van der Waals surface area contributed by atoms with Crippen LogP contribution in [0.1, 0.15) is 6.92 Å². The number of hydrogen-bond acceptors (Lipinski definition) is 6. The Morgan fingerprint density at radius 3 is 2.83 bits per heavy atom. The smallest absolute Gasteiger partial charge is 0.263 e. The summed E-state index contributed by atoms with van der Waals surface area (Å²) in [5.74, 6) is 0.566. The second kappa shape index (κ2) is 8.29. The first kappa shape index (κ1) is 20.1. The number of hydrogen-bond donors (Lipinski definition) is 1. The van der Waals surface area contributed by atoms with E-state index in [9.17, 15) is 9.59 Å². The molecule has 0 fully saturated rings. The Morgan fingerprint density at radius 2 is 2.10 bits per heavy atom. The van der Waals surface area contributed by atoms with Crippen LogP contribution in [0.5, 0.6) is 0 Å². The highest BCUT2D eigenvalue weighted by Crippen LogP contribution is 2.25. The summed E-state index contributed by atoms with van der Waals surface area (Å²) in [6.45, 7) is 5.78. The fourth-order valence-corrected chi connectivity index (χ4v) is 3.96. The normalized spacial score (nSPS) is 12.2. The van der Waals surface area contributed by atoms with Crippen LogP contribution < -0.4 is 10.9 Å². The number of nitrogens with one attached hydrogen (secondary N) is 1. The molecular weight excluding hydrogens is 424 g/mol. The topological polar surface area (TPSA) is 94.2 Å². The molecule has 4 aromatic rings. The van der Waals surface area contributed by atoms with Gasteiger partial charge >= 0.3 is 0 Å². The van der Waals surface area contributed by atoms with Crippen LogP contribution in [-0.4, -0.2) is 35.3 Å². The van der Waals surface area contributed by atoms with Crippen molar-refractivity contribution in [3.05, 3.63) is 70.6 Å². The molecule has 1 N–H and O–H groups in total. The average Bonchev–Trinajstić information content (AvgIpc) is 3.16. The lowest BCUT2D eigenvalue weighted by Crippen LogP contribution is -2.24. The molecule has 0 saturated heterocycles. The van der Waals surface area contributed by atoms with Gasteiger partial charge in [0.2, 0.25) is 11.7 Å². The summed E-state index contributed by atoms with van der Waals surface area (Å²) in [5.41, 5.74) is 0.513. The molecule has 0 saturated carbocycles. The maximum atomic E-state index is 12.8. The quantitative estimate of drug-likeness (QED) is 0.365. The van der Waals surface area contributed by atoms with E-state index in [2.05, 4.69) is 27.1 Å². The summed E-state index contributed by atoms with van der Waals surface area (Å²) >= 11 is 7.07. The van der Waals surface area contributed by atoms with Gasteiger partial charge in [-0.25, -0.2) is 4.98 Å². The van der Waals surface area contributed by atoms with Gasteiger partial charge in [0.05, 0.1) is 21.2 Å². The van der Waals surface area contributed by atoms with Crippen LogP contribution in [0.3, 0.4) is 0 Å². The van der Waals surface area contributed by atoms with Gasteiger partial charge in [-0.05, 0) is 31.2 Å². The molecule has 3 aromatic heterocycles. The predicted octanol–water partition coefficient (Wildman–Crippen LogP) is 3.40. The fraction of sp³-hybridized carbons (Fsp3) is 0.150. The van der Waals surface area contributed by atoms with Crippen LogP contribution in [0.4, 0.5) is 5.82 Å². The number of rotatable bonds is 6. The molecular formula is C20H17ClN6O2S. The van der Waals surface area contributed by atoms with Crippen molar-refractivity contribution >= 4 is 51.8 Å². The number of benzene rings is 1. The highest BCUT2D eigenvalue weighted by molar-refractivity contribution is 8.00. The van der Waals surface area contributed by atoms with Gasteiger partial charge in [-0.1, -0.05) is 41.6 Å². The number of aromatic nitrogens is 5. The van der Waals surface area contributed by atoms with Gasteiger partial charge in [0.1, 0.15) is 5.82 Å².